The summed E-state index contributed by atoms with van der Waals surface area (Å²) in [5.41, 5.74) is 4.42. The molecule has 0 atom stereocenters. The maximum absolute atomic E-state index is 12.6. The van der Waals surface area contributed by atoms with Gasteiger partial charge in [-0.3, -0.25) is 9.59 Å². The second-order valence-electron chi connectivity index (χ2n) is 7.67. The van der Waals surface area contributed by atoms with Crippen molar-refractivity contribution in [3.63, 3.8) is 0 Å². The zero-order valence-corrected chi connectivity index (χ0v) is 18.3. The first kappa shape index (κ1) is 21.2. The van der Waals surface area contributed by atoms with Gasteiger partial charge in [-0.2, -0.15) is 0 Å². The van der Waals surface area contributed by atoms with Crippen molar-refractivity contribution < 1.29 is 14.3 Å². The summed E-state index contributed by atoms with van der Waals surface area (Å²) in [6.07, 6.45) is 2.96. The summed E-state index contributed by atoms with van der Waals surface area (Å²) in [4.78, 5) is 24.5. The van der Waals surface area contributed by atoms with Crippen molar-refractivity contribution in [1.29, 1.82) is 0 Å². The van der Waals surface area contributed by atoms with Crippen LogP contribution in [-0.4, -0.2) is 23.6 Å². The molecule has 1 aliphatic heterocycles. The number of rotatable bonds is 5. The zero-order chi connectivity index (χ0) is 22.8. The van der Waals surface area contributed by atoms with E-state index in [0.29, 0.717) is 35.8 Å². The van der Waals surface area contributed by atoms with Gasteiger partial charge in [0, 0.05) is 36.6 Å². The molecule has 2 heterocycles. The maximum Gasteiger partial charge on any atom is 0.294 e. The molecule has 0 aliphatic carbocycles. The minimum atomic E-state index is -0.316. The number of nitrogens with one attached hydrogen (secondary N) is 2. The number of aromatic nitrogens is 1. The van der Waals surface area contributed by atoms with Crippen LogP contribution >= 0.6 is 0 Å². The van der Waals surface area contributed by atoms with Crippen molar-refractivity contribution in [2.75, 3.05) is 23.8 Å². The minimum Gasteiger partial charge on any atom is -0.484 e. The Morgan fingerprint density at radius 2 is 1.97 bits per heavy atom. The molecule has 164 valence electrons. The van der Waals surface area contributed by atoms with E-state index >= 15 is 0 Å². The van der Waals surface area contributed by atoms with Gasteiger partial charge in [0.25, 0.3) is 5.56 Å². The first-order valence-electron chi connectivity index (χ1n) is 10.3. The standard InChI is InChI=1S/C25H25N3O4/c1-5-21(29)27-17-9-10-20(32-23-15(2)7-6-8-16(23)3)18(13-17)19-14-28(4)25(30)24-22(19)26-11-12-31-24/h5-10,13-14,26H,1,11-12H2,2-4H3,(H,27,29). The summed E-state index contributed by atoms with van der Waals surface area (Å²) in [5, 5.41) is 6.07. The second kappa shape index (κ2) is 8.63. The molecule has 0 saturated carbocycles. The molecule has 0 unspecified atom stereocenters. The molecule has 0 radical (unpaired) electrons. The lowest BCUT2D eigenvalue weighted by Gasteiger charge is -2.24. The van der Waals surface area contributed by atoms with Crippen LogP contribution < -0.4 is 25.7 Å². The van der Waals surface area contributed by atoms with Gasteiger partial charge in [-0.1, -0.05) is 24.8 Å². The third-order valence-corrected chi connectivity index (χ3v) is 5.33. The van der Waals surface area contributed by atoms with Crippen molar-refractivity contribution in [2.24, 2.45) is 7.05 Å². The van der Waals surface area contributed by atoms with Gasteiger partial charge in [0.15, 0.2) is 0 Å². The Morgan fingerprint density at radius 1 is 1.22 bits per heavy atom. The Hall–Kier alpha value is -4.00. The highest BCUT2D eigenvalue weighted by Gasteiger charge is 2.23. The quantitative estimate of drug-likeness (QED) is 0.586. The highest BCUT2D eigenvalue weighted by molar-refractivity contribution is 6.00. The SMILES string of the molecule is C=CC(=O)Nc1ccc(Oc2c(C)cccc2C)c(-c2cn(C)c(=O)c3c2NCCO3)c1. The molecule has 0 spiro atoms. The monoisotopic (exact) mass is 431 g/mol. The van der Waals surface area contributed by atoms with Gasteiger partial charge in [0.2, 0.25) is 11.7 Å². The number of nitrogens with zero attached hydrogens (tertiary/aromatic N) is 1. The predicted molar refractivity (Wildman–Crippen MR) is 126 cm³/mol. The normalized spacial score (nSPS) is 12.2. The molecule has 1 amide bonds. The molecule has 1 aromatic heterocycles. The highest BCUT2D eigenvalue weighted by atomic mass is 16.5. The van der Waals surface area contributed by atoms with Crippen LogP contribution in [0, 0.1) is 13.8 Å². The van der Waals surface area contributed by atoms with Crippen LogP contribution in [0.1, 0.15) is 11.1 Å². The molecule has 7 heteroatoms. The number of anilines is 2. The van der Waals surface area contributed by atoms with Gasteiger partial charge < -0.3 is 24.7 Å². The van der Waals surface area contributed by atoms with Crippen molar-refractivity contribution in [2.45, 2.75) is 13.8 Å². The van der Waals surface area contributed by atoms with E-state index in [0.717, 1.165) is 22.4 Å². The number of benzene rings is 2. The summed E-state index contributed by atoms with van der Waals surface area (Å²) >= 11 is 0. The van der Waals surface area contributed by atoms with Crippen LogP contribution in [0.4, 0.5) is 11.4 Å². The average molecular weight is 431 g/mol. The van der Waals surface area contributed by atoms with Gasteiger partial charge in [0.05, 0.1) is 5.69 Å². The molecule has 2 N–H and O–H groups in total. The summed E-state index contributed by atoms with van der Waals surface area (Å²) in [5.74, 6) is 1.31. The summed E-state index contributed by atoms with van der Waals surface area (Å²) in [6.45, 7) is 8.47. The van der Waals surface area contributed by atoms with Crippen molar-refractivity contribution >= 4 is 17.3 Å². The van der Waals surface area contributed by atoms with Crippen LogP contribution in [0.15, 0.2) is 60.0 Å². The fraction of sp³-hybridized carbons (Fsp3) is 0.200. The van der Waals surface area contributed by atoms with Crippen molar-refractivity contribution in [3.05, 3.63) is 76.7 Å². The number of para-hydroxylation sites is 1. The van der Waals surface area contributed by atoms with Crippen molar-refractivity contribution in [1.82, 2.24) is 4.57 Å². The van der Waals surface area contributed by atoms with E-state index in [1.807, 2.05) is 38.1 Å². The second-order valence-corrected chi connectivity index (χ2v) is 7.67. The van der Waals surface area contributed by atoms with E-state index in [-0.39, 0.29) is 17.2 Å². The number of hydrogen-bond donors (Lipinski definition) is 2. The van der Waals surface area contributed by atoms with Gasteiger partial charge in [-0.05, 0) is 49.2 Å². The van der Waals surface area contributed by atoms with E-state index in [1.165, 1.54) is 10.6 Å². The number of hydrogen-bond acceptors (Lipinski definition) is 5. The number of aryl methyl sites for hydroxylation is 3. The lowest BCUT2D eigenvalue weighted by atomic mass is 10.0. The molecule has 4 rings (SSSR count). The van der Waals surface area contributed by atoms with Crippen molar-refractivity contribution in [3.8, 4) is 28.4 Å². The fourth-order valence-corrected chi connectivity index (χ4v) is 3.72. The Labute approximate surface area is 186 Å². The number of amides is 1. The van der Waals surface area contributed by atoms with Gasteiger partial charge in [-0.15, -0.1) is 0 Å². The number of carbonyl (C=O) groups is 1. The first-order chi connectivity index (χ1) is 15.4. The molecule has 1 aliphatic rings. The number of carbonyl (C=O) groups excluding carboxylic acids is 1. The zero-order valence-electron chi connectivity index (χ0n) is 18.3. The molecule has 32 heavy (non-hydrogen) atoms. The Morgan fingerprint density at radius 3 is 2.69 bits per heavy atom. The Bertz CT molecular complexity index is 1260. The lowest BCUT2D eigenvalue weighted by molar-refractivity contribution is -0.111. The van der Waals surface area contributed by atoms with E-state index in [9.17, 15) is 9.59 Å². The number of fused-ring (bicyclic) bond motifs is 1. The van der Waals surface area contributed by atoms with Gasteiger partial charge >= 0.3 is 0 Å². The summed E-state index contributed by atoms with van der Waals surface area (Å²) < 4.78 is 13.6. The minimum absolute atomic E-state index is 0.218. The topological polar surface area (TPSA) is 81.6 Å². The van der Waals surface area contributed by atoms with Crippen LogP contribution in [0.2, 0.25) is 0 Å². The maximum atomic E-state index is 12.6. The molecule has 7 nitrogen and oxygen atoms in total. The van der Waals surface area contributed by atoms with E-state index in [2.05, 4.69) is 17.2 Å². The Kier molecular flexibility index (Phi) is 5.73. The third kappa shape index (κ3) is 3.97. The largest absolute Gasteiger partial charge is 0.484 e. The highest BCUT2D eigenvalue weighted by Crippen LogP contribution is 2.43. The van der Waals surface area contributed by atoms with Crippen LogP contribution in [0.3, 0.4) is 0 Å². The number of pyridine rings is 1. The molecule has 0 fully saturated rings. The molecule has 0 bridgehead atoms. The first-order valence-corrected chi connectivity index (χ1v) is 10.3. The van der Waals surface area contributed by atoms with E-state index < -0.39 is 0 Å². The number of ether oxygens (including phenoxy) is 2. The molecule has 3 aromatic rings. The van der Waals surface area contributed by atoms with Crippen LogP contribution in [-0.2, 0) is 11.8 Å². The molecule has 0 saturated heterocycles. The smallest absolute Gasteiger partial charge is 0.294 e. The summed E-state index contributed by atoms with van der Waals surface area (Å²) in [7, 11) is 1.68. The predicted octanol–water partition coefficient (Wildman–Crippen LogP) is 4.39. The fourth-order valence-electron chi connectivity index (χ4n) is 3.72. The lowest BCUT2D eigenvalue weighted by Crippen LogP contribution is -2.28. The van der Waals surface area contributed by atoms with E-state index in [1.54, 1.807) is 25.4 Å². The average Bonchev–Trinajstić information content (AvgIpc) is 2.79. The summed E-state index contributed by atoms with van der Waals surface area (Å²) in [6, 6.07) is 11.4. The molecular weight excluding hydrogens is 406 g/mol. The van der Waals surface area contributed by atoms with Gasteiger partial charge in [-0.25, -0.2) is 0 Å². The van der Waals surface area contributed by atoms with Gasteiger partial charge in [0.1, 0.15) is 18.1 Å². The van der Waals surface area contributed by atoms with Crippen LogP contribution in [0.5, 0.6) is 17.2 Å². The Balaban J connectivity index is 1.92. The van der Waals surface area contributed by atoms with E-state index in [4.69, 9.17) is 9.47 Å². The molecular formula is C25H25N3O4. The third-order valence-electron chi connectivity index (χ3n) is 5.33. The van der Waals surface area contributed by atoms with Crippen LogP contribution in [0.25, 0.3) is 11.1 Å². The molecule has 2 aromatic carbocycles.